The van der Waals surface area contributed by atoms with Crippen molar-refractivity contribution in [3.05, 3.63) is 23.2 Å². The van der Waals surface area contributed by atoms with Crippen molar-refractivity contribution in [3.63, 3.8) is 0 Å². The fraction of sp³-hybridized carbons (Fsp3) is 0.636. The summed E-state index contributed by atoms with van der Waals surface area (Å²) in [4.78, 5) is 2.15. The van der Waals surface area contributed by atoms with Crippen molar-refractivity contribution < 1.29 is 9.15 Å². The van der Waals surface area contributed by atoms with Gasteiger partial charge in [0.15, 0.2) is 0 Å². The van der Waals surface area contributed by atoms with Gasteiger partial charge in [0, 0.05) is 25.8 Å². The van der Waals surface area contributed by atoms with Crippen LogP contribution in [-0.2, 0) is 17.8 Å². The van der Waals surface area contributed by atoms with Crippen molar-refractivity contribution in [2.45, 2.75) is 20.0 Å². The number of aryl methyl sites for hydroxylation is 1. The van der Waals surface area contributed by atoms with Crippen LogP contribution >= 0.6 is 0 Å². The molecule has 0 unspecified atom stereocenters. The van der Waals surface area contributed by atoms with Crippen LogP contribution in [0.25, 0.3) is 0 Å². The Morgan fingerprint density at radius 1 is 1.53 bits per heavy atom. The molecule has 4 heteroatoms. The van der Waals surface area contributed by atoms with Gasteiger partial charge in [0.2, 0.25) is 0 Å². The molecule has 2 N–H and O–H groups in total. The Hall–Kier alpha value is -0.840. The van der Waals surface area contributed by atoms with Crippen LogP contribution in [0, 0.1) is 6.92 Å². The van der Waals surface area contributed by atoms with Gasteiger partial charge in [-0.25, -0.2) is 0 Å². The third-order valence-electron chi connectivity index (χ3n) is 2.39. The predicted molar refractivity (Wildman–Crippen MR) is 59.5 cm³/mol. The summed E-state index contributed by atoms with van der Waals surface area (Å²) in [5, 5.41) is 0. The van der Waals surface area contributed by atoms with Crippen LogP contribution < -0.4 is 5.73 Å². The average Bonchev–Trinajstić information content (AvgIpc) is 2.55. The van der Waals surface area contributed by atoms with E-state index < -0.39 is 0 Å². The molecule has 0 aliphatic rings. The second-order valence-corrected chi connectivity index (χ2v) is 3.73. The monoisotopic (exact) mass is 212 g/mol. The predicted octanol–water partition coefficient (Wildman–Crippen LogP) is 1.12. The first kappa shape index (κ1) is 12.2. The number of likely N-dealkylation sites (N-methyl/N-ethyl adjacent to an activating group) is 1. The molecule has 0 aliphatic heterocycles. The fourth-order valence-corrected chi connectivity index (χ4v) is 1.46. The van der Waals surface area contributed by atoms with E-state index >= 15 is 0 Å². The first-order chi connectivity index (χ1) is 7.17. The maximum Gasteiger partial charge on any atom is 0.118 e. The molecule has 86 valence electrons. The van der Waals surface area contributed by atoms with Crippen molar-refractivity contribution >= 4 is 0 Å². The molecule has 0 amide bonds. The zero-order valence-corrected chi connectivity index (χ0v) is 9.75. The van der Waals surface area contributed by atoms with Gasteiger partial charge >= 0.3 is 0 Å². The van der Waals surface area contributed by atoms with Crippen LogP contribution in [0.5, 0.6) is 0 Å². The second-order valence-electron chi connectivity index (χ2n) is 3.73. The molecular weight excluding hydrogens is 192 g/mol. The smallest absolute Gasteiger partial charge is 0.118 e. The van der Waals surface area contributed by atoms with Crippen LogP contribution in [0.3, 0.4) is 0 Å². The number of rotatable bonds is 6. The highest BCUT2D eigenvalue weighted by atomic mass is 16.5. The van der Waals surface area contributed by atoms with Crippen LogP contribution in [0.2, 0.25) is 0 Å². The van der Waals surface area contributed by atoms with Crippen molar-refractivity contribution in [2.75, 3.05) is 27.3 Å². The van der Waals surface area contributed by atoms with E-state index in [0.717, 1.165) is 36.8 Å². The first-order valence-corrected chi connectivity index (χ1v) is 5.13. The first-order valence-electron chi connectivity index (χ1n) is 5.13. The summed E-state index contributed by atoms with van der Waals surface area (Å²) in [6.45, 7) is 4.91. The molecule has 0 aliphatic carbocycles. The molecule has 1 rings (SSSR count). The summed E-state index contributed by atoms with van der Waals surface area (Å²) in [6, 6.07) is 2.03. The molecule has 0 fully saturated rings. The summed E-state index contributed by atoms with van der Waals surface area (Å²) in [7, 11) is 3.75. The number of ether oxygens (including phenoxy) is 1. The van der Waals surface area contributed by atoms with E-state index in [4.69, 9.17) is 14.9 Å². The molecular formula is C11H20N2O2. The van der Waals surface area contributed by atoms with Gasteiger partial charge in [0.05, 0.1) is 13.2 Å². The van der Waals surface area contributed by atoms with Crippen molar-refractivity contribution in [1.82, 2.24) is 4.90 Å². The summed E-state index contributed by atoms with van der Waals surface area (Å²) in [5.74, 6) is 1.89. The van der Waals surface area contributed by atoms with Gasteiger partial charge < -0.3 is 14.9 Å². The summed E-state index contributed by atoms with van der Waals surface area (Å²) in [6.07, 6.45) is 0. The largest absolute Gasteiger partial charge is 0.465 e. The third kappa shape index (κ3) is 3.66. The number of furan rings is 1. The van der Waals surface area contributed by atoms with E-state index in [9.17, 15) is 0 Å². The zero-order valence-electron chi connectivity index (χ0n) is 9.75. The van der Waals surface area contributed by atoms with Gasteiger partial charge in [-0.3, -0.25) is 4.90 Å². The standard InChI is InChI=1S/C11H20N2O2/c1-9-10(7-12)6-11(15-9)8-13(2)4-5-14-3/h6H,4-5,7-8,12H2,1-3H3. The molecule has 1 heterocycles. The van der Waals surface area contributed by atoms with Gasteiger partial charge in [-0.1, -0.05) is 0 Å². The second kappa shape index (κ2) is 5.90. The Bertz CT molecular complexity index is 297. The SMILES string of the molecule is COCCN(C)Cc1cc(CN)c(C)o1. The summed E-state index contributed by atoms with van der Waals surface area (Å²) in [5.41, 5.74) is 6.67. The third-order valence-corrected chi connectivity index (χ3v) is 2.39. The lowest BCUT2D eigenvalue weighted by Crippen LogP contribution is -2.21. The Morgan fingerprint density at radius 2 is 2.27 bits per heavy atom. The van der Waals surface area contributed by atoms with E-state index in [2.05, 4.69) is 4.90 Å². The van der Waals surface area contributed by atoms with Gasteiger partial charge in [-0.05, 0) is 20.0 Å². The lowest BCUT2D eigenvalue weighted by Gasteiger charge is -2.13. The Labute approximate surface area is 91.0 Å². The molecule has 0 spiro atoms. The van der Waals surface area contributed by atoms with Crippen molar-refractivity contribution in [3.8, 4) is 0 Å². The highest BCUT2D eigenvalue weighted by Crippen LogP contribution is 2.15. The highest BCUT2D eigenvalue weighted by Gasteiger charge is 2.07. The Balaban J connectivity index is 2.49. The highest BCUT2D eigenvalue weighted by molar-refractivity contribution is 5.20. The molecule has 0 saturated heterocycles. The van der Waals surface area contributed by atoms with Gasteiger partial charge in [-0.2, -0.15) is 0 Å². The quantitative estimate of drug-likeness (QED) is 0.768. The number of hydrogen-bond acceptors (Lipinski definition) is 4. The summed E-state index contributed by atoms with van der Waals surface area (Å²) >= 11 is 0. The number of nitrogens with two attached hydrogens (primary N) is 1. The normalized spacial score (nSPS) is 11.3. The fourth-order valence-electron chi connectivity index (χ4n) is 1.46. The maximum atomic E-state index is 5.59. The van der Waals surface area contributed by atoms with E-state index in [1.165, 1.54) is 0 Å². The molecule has 0 radical (unpaired) electrons. The zero-order chi connectivity index (χ0) is 11.3. The Morgan fingerprint density at radius 3 is 2.80 bits per heavy atom. The molecule has 0 aromatic carbocycles. The van der Waals surface area contributed by atoms with Crippen LogP contribution in [0.1, 0.15) is 17.1 Å². The summed E-state index contributed by atoms with van der Waals surface area (Å²) < 4.78 is 10.6. The van der Waals surface area contributed by atoms with Crippen LogP contribution in [-0.4, -0.2) is 32.2 Å². The van der Waals surface area contributed by atoms with E-state index in [0.29, 0.717) is 6.54 Å². The molecule has 1 aromatic heterocycles. The van der Waals surface area contributed by atoms with Crippen molar-refractivity contribution in [2.24, 2.45) is 5.73 Å². The van der Waals surface area contributed by atoms with Gasteiger partial charge in [0.1, 0.15) is 11.5 Å². The number of methoxy groups -OCH3 is 1. The molecule has 15 heavy (non-hydrogen) atoms. The minimum absolute atomic E-state index is 0.539. The minimum Gasteiger partial charge on any atom is -0.465 e. The number of nitrogens with zero attached hydrogens (tertiary/aromatic N) is 1. The molecule has 0 atom stereocenters. The van der Waals surface area contributed by atoms with Crippen LogP contribution in [0.4, 0.5) is 0 Å². The topological polar surface area (TPSA) is 51.6 Å². The average molecular weight is 212 g/mol. The molecule has 0 saturated carbocycles. The Kier molecular flexibility index (Phi) is 4.81. The minimum atomic E-state index is 0.539. The lowest BCUT2D eigenvalue weighted by atomic mass is 10.2. The van der Waals surface area contributed by atoms with E-state index in [1.54, 1.807) is 7.11 Å². The van der Waals surface area contributed by atoms with E-state index in [1.807, 2.05) is 20.0 Å². The van der Waals surface area contributed by atoms with Gasteiger partial charge in [-0.15, -0.1) is 0 Å². The van der Waals surface area contributed by atoms with Gasteiger partial charge in [0.25, 0.3) is 0 Å². The maximum absolute atomic E-state index is 5.59. The molecule has 0 bridgehead atoms. The molecule has 1 aromatic rings. The molecule has 4 nitrogen and oxygen atoms in total. The lowest BCUT2D eigenvalue weighted by molar-refractivity contribution is 0.154. The van der Waals surface area contributed by atoms with E-state index in [-0.39, 0.29) is 0 Å². The van der Waals surface area contributed by atoms with Crippen LogP contribution in [0.15, 0.2) is 10.5 Å². The number of hydrogen-bond donors (Lipinski definition) is 1. The van der Waals surface area contributed by atoms with Crippen molar-refractivity contribution in [1.29, 1.82) is 0 Å².